The molecule has 2 unspecified atom stereocenters. The molecule has 2 atom stereocenters. The van der Waals surface area contributed by atoms with E-state index in [9.17, 15) is 14.7 Å². The SMILES string of the molecule is CCCC(=O)N1CCCCC1C(=O)NCC(O)CCC. The molecule has 0 bridgehead atoms. The molecule has 0 radical (unpaired) electrons. The molecule has 1 aliphatic rings. The summed E-state index contributed by atoms with van der Waals surface area (Å²) >= 11 is 0. The zero-order valence-electron chi connectivity index (χ0n) is 12.7. The average Bonchev–Trinajstić information content (AvgIpc) is 2.45. The summed E-state index contributed by atoms with van der Waals surface area (Å²) in [7, 11) is 0. The van der Waals surface area contributed by atoms with E-state index in [4.69, 9.17) is 0 Å². The third kappa shape index (κ3) is 5.12. The Morgan fingerprint density at radius 1 is 1.30 bits per heavy atom. The van der Waals surface area contributed by atoms with E-state index in [-0.39, 0.29) is 24.4 Å². The molecule has 0 aromatic heterocycles. The molecular formula is C15H28N2O3. The van der Waals surface area contributed by atoms with Crippen molar-refractivity contribution < 1.29 is 14.7 Å². The molecule has 1 saturated heterocycles. The van der Waals surface area contributed by atoms with Crippen molar-refractivity contribution in [3.05, 3.63) is 0 Å². The summed E-state index contributed by atoms with van der Waals surface area (Å²) < 4.78 is 0. The molecule has 2 amide bonds. The van der Waals surface area contributed by atoms with Crippen LogP contribution in [0.2, 0.25) is 0 Å². The van der Waals surface area contributed by atoms with Gasteiger partial charge in [0.25, 0.3) is 0 Å². The summed E-state index contributed by atoms with van der Waals surface area (Å²) in [6, 6.07) is -0.350. The standard InChI is InChI=1S/C15H28N2O3/c1-3-7-12(18)11-16-15(20)13-9-5-6-10-17(13)14(19)8-4-2/h12-13,18H,3-11H2,1-2H3,(H,16,20). The number of piperidine rings is 1. The summed E-state index contributed by atoms with van der Waals surface area (Å²) in [6.07, 6.45) is 5.06. The van der Waals surface area contributed by atoms with Crippen LogP contribution in [0.5, 0.6) is 0 Å². The van der Waals surface area contributed by atoms with Gasteiger partial charge in [-0.05, 0) is 32.1 Å². The Bertz CT molecular complexity index is 320. The van der Waals surface area contributed by atoms with Crippen LogP contribution in [-0.4, -0.2) is 47.1 Å². The molecule has 5 heteroatoms. The molecule has 0 aliphatic carbocycles. The molecule has 0 aromatic rings. The molecule has 1 heterocycles. The number of aliphatic hydroxyl groups is 1. The van der Waals surface area contributed by atoms with Gasteiger partial charge in [-0.15, -0.1) is 0 Å². The number of hydrogen-bond acceptors (Lipinski definition) is 3. The number of amides is 2. The van der Waals surface area contributed by atoms with Gasteiger partial charge >= 0.3 is 0 Å². The van der Waals surface area contributed by atoms with Gasteiger partial charge in [-0.2, -0.15) is 0 Å². The van der Waals surface area contributed by atoms with Gasteiger partial charge in [-0.25, -0.2) is 0 Å². The van der Waals surface area contributed by atoms with Crippen LogP contribution in [-0.2, 0) is 9.59 Å². The van der Waals surface area contributed by atoms with E-state index >= 15 is 0 Å². The van der Waals surface area contributed by atoms with E-state index < -0.39 is 6.10 Å². The predicted molar refractivity (Wildman–Crippen MR) is 78.2 cm³/mol. The number of aliphatic hydroxyl groups excluding tert-OH is 1. The molecule has 20 heavy (non-hydrogen) atoms. The van der Waals surface area contributed by atoms with E-state index in [0.29, 0.717) is 19.4 Å². The maximum atomic E-state index is 12.2. The van der Waals surface area contributed by atoms with Gasteiger partial charge < -0.3 is 15.3 Å². The minimum Gasteiger partial charge on any atom is -0.391 e. The Balaban J connectivity index is 2.51. The maximum absolute atomic E-state index is 12.2. The minimum absolute atomic E-state index is 0.0708. The first kappa shape index (κ1) is 17.0. The molecule has 1 aliphatic heterocycles. The highest BCUT2D eigenvalue weighted by Gasteiger charge is 2.31. The van der Waals surface area contributed by atoms with Crippen LogP contribution in [0.1, 0.15) is 58.8 Å². The lowest BCUT2D eigenvalue weighted by molar-refractivity contribution is -0.142. The molecule has 116 valence electrons. The van der Waals surface area contributed by atoms with Gasteiger partial charge in [-0.1, -0.05) is 20.3 Å². The maximum Gasteiger partial charge on any atom is 0.242 e. The third-order valence-electron chi connectivity index (χ3n) is 3.72. The lowest BCUT2D eigenvalue weighted by Crippen LogP contribution is -2.52. The van der Waals surface area contributed by atoms with Crippen LogP contribution in [0.4, 0.5) is 0 Å². The summed E-state index contributed by atoms with van der Waals surface area (Å²) in [5.41, 5.74) is 0. The van der Waals surface area contributed by atoms with Gasteiger partial charge in [-0.3, -0.25) is 9.59 Å². The smallest absolute Gasteiger partial charge is 0.242 e. The number of carbonyl (C=O) groups excluding carboxylic acids is 2. The summed E-state index contributed by atoms with van der Waals surface area (Å²) in [4.78, 5) is 26.0. The zero-order valence-corrected chi connectivity index (χ0v) is 12.7. The summed E-state index contributed by atoms with van der Waals surface area (Å²) in [5.74, 6) is -0.0502. The van der Waals surface area contributed by atoms with Crippen molar-refractivity contribution in [3.8, 4) is 0 Å². The Morgan fingerprint density at radius 3 is 2.70 bits per heavy atom. The van der Waals surface area contributed by atoms with Crippen LogP contribution >= 0.6 is 0 Å². The van der Waals surface area contributed by atoms with E-state index in [1.165, 1.54) is 0 Å². The second-order valence-electron chi connectivity index (χ2n) is 5.54. The quantitative estimate of drug-likeness (QED) is 0.743. The topological polar surface area (TPSA) is 69.6 Å². The van der Waals surface area contributed by atoms with E-state index in [0.717, 1.165) is 32.1 Å². The van der Waals surface area contributed by atoms with E-state index in [2.05, 4.69) is 5.32 Å². The largest absolute Gasteiger partial charge is 0.391 e. The minimum atomic E-state index is -0.493. The van der Waals surface area contributed by atoms with Crippen LogP contribution in [0, 0.1) is 0 Å². The predicted octanol–water partition coefficient (Wildman–Crippen LogP) is 1.44. The van der Waals surface area contributed by atoms with Crippen molar-refractivity contribution in [3.63, 3.8) is 0 Å². The highest BCUT2D eigenvalue weighted by atomic mass is 16.3. The Morgan fingerprint density at radius 2 is 2.05 bits per heavy atom. The van der Waals surface area contributed by atoms with Crippen molar-refractivity contribution >= 4 is 11.8 Å². The molecular weight excluding hydrogens is 256 g/mol. The number of nitrogens with one attached hydrogen (secondary N) is 1. The van der Waals surface area contributed by atoms with E-state index in [1.807, 2.05) is 13.8 Å². The molecule has 5 nitrogen and oxygen atoms in total. The van der Waals surface area contributed by atoms with Crippen LogP contribution in [0.25, 0.3) is 0 Å². The highest BCUT2D eigenvalue weighted by Crippen LogP contribution is 2.18. The first-order chi connectivity index (χ1) is 9.60. The Hall–Kier alpha value is -1.10. The van der Waals surface area contributed by atoms with Crippen LogP contribution < -0.4 is 5.32 Å². The van der Waals surface area contributed by atoms with Crippen LogP contribution in [0.15, 0.2) is 0 Å². The fraction of sp³-hybridized carbons (Fsp3) is 0.867. The fourth-order valence-corrected chi connectivity index (χ4v) is 2.63. The summed E-state index contributed by atoms with van der Waals surface area (Å²) in [5, 5.41) is 12.4. The molecule has 0 aromatic carbocycles. The first-order valence-electron chi connectivity index (χ1n) is 7.85. The van der Waals surface area contributed by atoms with Crippen LogP contribution in [0.3, 0.4) is 0 Å². The van der Waals surface area contributed by atoms with Crippen molar-refractivity contribution in [1.29, 1.82) is 0 Å². The zero-order chi connectivity index (χ0) is 15.0. The molecule has 1 fully saturated rings. The van der Waals surface area contributed by atoms with Gasteiger partial charge in [0, 0.05) is 19.5 Å². The monoisotopic (exact) mass is 284 g/mol. The van der Waals surface area contributed by atoms with Gasteiger partial charge in [0.1, 0.15) is 6.04 Å². The van der Waals surface area contributed by atoms with Crippen molar-refractivity contribution in [2.45, 2.75) is 70.9 Å². The molecule has 0 spiro atoms. The first-order valence-corrected chi connectivity index (χ1v) is 7.85. The Labute approximate surface area is 121 Å². The second-order valence-corrected chi connectivity index (χ2v) is 5.54. The molecule has 2 N–H and O–H groups in total. The van der Waals surface area contributed by atoms with Crippen molar-refractivity contribution in [1.82, 2.24) is 10.2 Å². The third-order valence-corrected chi connectivity index (χ3v) is 3.72. The lowest BCUT2D eigenvalue weighted by Gasteiger charge is -2.35. The Kier molecular flexibility index (Phi) is 7.59. The fourth-order valence-electron chi connectivity index (χ4n) is 2.63. The normalized spacial score (nSPS) is 20.6. The van der Waals surface area contributed by atoms with Gasteiger partial charge in [0.05, 0.1) is 6.10 Å². The molecule has 1 rings (SSSR count). The average molecular weight is 284 g/mol. The van der Waals surface area contributed by atoms with Crippen molar-refractivity contribution in [2.24, 2.45) is 0 Å². The van der Waals surface area contributed by atoms with Gasteiger partial charge in [0.2, 0.25) is 11.8 Å². The summed E-state index contributed by atoms with van der Waals surface area (Å²) in [6.45, 7) is 4.92. The van der Waals surface area contributed by atoms with Crippen molar-refractivity contribution in [2.75, 3.05) is 13.1 Å². The lowest BCUT2D eigenvalue weighted by atomic mass is 10.0. The highest BCUT2D eigenvalue weighted by molar-refractivity contribution is 5.87. The number of hydrogen-bond donors (Lipinski definition) is 2. The van der Waals surface area contributed by atoms with Gasteiger partial charge in [0.15, 0.2) is 0 Å². The number of rotatable bonds is 7. The van der Waals surface area contributed by atoms with E-state index in [1.54, 1.807) is 4.90 Å². The second kappa shape index (κ2) is 8.95. The number of carbonyl (C=O) groups is 2. The number of nitrogens with zero attached hydrogens (tertiary/aromatic N) is 1. The number of likely N-dealkylation sites (tertiary alicyclic amines) is 1. The molecule has 0 saturated carbocycles.